The second-order valence-electron chi connectivity index (χ2n) is 10.5. The Hall–Kier alpha value is -3.81. The van der Waals surface area contributed by atoms with E-state index in [1.165, 1.54) is 50.7 Å². The lowest BCUT2D eigenvalue weighted by atomic mass is 9.98. The highest BCUT2D eigenvalue weighted by Crippen LogP contribution is 2.32. The Labute approximate surface area is 246 Å². The molecule has 0 saturated heterocycles. The maximum atomic E-state index is 12.9. The quantitative estimate of drug-likeness (QED) is 0.155. The molecule has 1 atom stereocenters. The highest BCUT2D eigenvalue weighted by molar-refractivity contribution is 5.94. The lowest BCUT2D eigenvalue weighted by Gasteiger charge is -2.20. The number of alkyl halides is 3. The van der Waals surface area contributed by atoms with Crippen molar-refractivity contribution in [3.8, 4) is 16.9 Å². The van der Waals surface area contributed by atoms with E-state index in [0.717, 1.165) is 42.5 Å². The Morgan fingerprint density at radius 1 is 0.786 bits per heavy atom. The first-order chi connectivity index (χ1) is 20.2. The lowest BCUT2D eigenvalue weighted by Crippen LogP contribution is -2.25. The van der Waals surface area contributed by atoms with E-state index in [1.807, 2.05) is 24.3 Å². The standard InChI is InChI=1S/C34H40F3NO4/c1-2-3-4-5-6-7-8-9-10-31(42-30-21-17-28(18-22-30)33(41)38-24-23-32(39)40)27-13-11-25(12-14-27)26-15-19-29(20-16-26)34(35,36)37/h11-22,31H,2-10,23-24H2,1H3,(H,38,41)(H,39,40). The number of unbranched alkanes of at least 4 members (excludes halogenated alkanes) is 7. The van der Waals surface area contributed by atoms with Gasteiger partial charge in [-0.1, -0.05) is 88.3 Å². The molecule has 0 aromatic heterocycles. The first-order valence-electron chi connectivity index (χ1n) is 14.7. The van der Waals surface area contributed by atoms with Gasteiger partial charge >= 0.3 is 12.1 Å². The zero-order chi connectivity index (χ0) is 30.4. The average molecular weight is 584 g/mol. The zero-order valence-electron chi connectivity index (χ0n) is 24.1. The van der Waals surface area contributed by atoms with Gasteiger partial charge in [0.15, 0.2) is 0 Å². The van der Waals surface area contributed by atoms with E-state index in [2.05, 4.69) is 12.2 Å². The van der Waals surface area contributed by atoms with E-state index in [1.54, 1.807) is 24.3 Å². The molecule has 0 bridgehead atoms. The van der Waals surface area contributed by atoms with Crippen LogP contribution >= 0.6 is 0 Å². The van der Waals surface area contributed by atoms with Crippen molar-refractivity contribution in [2.24, 2.45) is 0 Å². The second kappa shape index (κ2) is 16.6. The fraction of sp³-hybridized carbons (Fsp3) is 0.412. The van der Waals surface area contributed by atoms with Crippen LogP contribution in [0.25, 0.3) is 11.1 Å². The summed E-state index contributed by atoms with van der Waals surface area (Å²) in [5.41, 5.74) is 2.21. The van der Waals surface area contributed by atoms with Gasteiger partial charge in [-0.15, -0.1) is 0 Å². The number of carboxylic acid groups (broad SMARTS) is 1. The highest BCUT2D eigenvalue weighted by Gasteiger charge is 2.30. The summed E-state index contributed by atoms with van der Waals surface area (Å²) in [6.45, 7) is 2.26. The third-order valence-electron chi connectivity index (χ3n) is 7.17. The molecule has 0 aliphatic carbocycles. The Bertz CT molecular complexity index is 1240. The lowest BCUT2D eigenvalue weighted by molar-refractivity contribution is -0.138. The van der Waals surface area contributed by atoms with E-state index < -0.39 is 17.7 Å². The summed E-state index contributed by atoms with van der Waals surface area (Å²) in [6.07, 6.45) is 5.58. The molecule has 3 rings (SSSR count). The Morgan fingerprint density at radius 2 is 1.33 bits per heavy atom. The summed E-state index contributed by atoms with van der Waals surface area (Å²) in [4.78, 5) is 23.0. The van der Waals surface area contributed by atoms with E-state index in [-0.39, 0.29) is 25.0 Å². The summed E-state index contributed by atoms with van der Waals surface area (Å²) in [5.74, 6) is -0.723. The van der Waals surface area contributed by atoms with Crippen molar-refractivity contribution in [2.75, 3.05) is 6.54 Å². The van der Waals surface area contributed by atoms with Crippen LogP contribution in [0, 0.1) is 0 Å². The van der Waals surface area contributed by atoms with Crippen LogP contribution in [0.2, 0.25) is 0 Å². The average Bonchev–Trinajstić information content (AvgIpc) is 2.97. The van der Waals surface area contributed by atoms with Gasteiger partial charge in [-0.2, -0.15) is 13.2 Å². The molecule has 3 aromatic rings. The number of aliphatic carboxylic acids is 1. The molecule has 0 fully saturated rings. The van der Waals surface area contributed by atoms with Crippen LogP contribution in [-0.2, 0) is 11.0 Å². The minimum atomic E-state index is -4.37. The molecule has 1 amide bonds. The molecule has 2 N–H and O–H groups in total. The van der Waals surface area contributed by atoms with Crippen LogP contribution in [0.4, 0.5) is 13.2 Å². The number of carbonyl (C=O) groups is 2. The number of rotatable bonds is 17. The number of carboxylic acids is 1. The molecule has 5 nitrogen and oxygen atoms in total. The van der Waals surface area contributed by atoms with Crippen LogP contribution in [-0.4, -0.2) is 23.5 Å². The summed E-state index contributed by atoms with van der Waals surface area (Å²) >= 11 is 0. The molecule has 0 aliphatic heterocycles. The zero-order valence-corrected chi connectivity index (χ0v) is 24.1. The van der Waals surface area contributed by atoms with Gasteiger partial charge in [0, 0.05) is 12.1 Å². The first-order valence-corrected chi connectivity index (χ1v) is 14.7. The number of benzene rings is 3. The molecular formula is C34H40F3NO4. The van der Waals surface area contributed by atoms with Crippen LogP contribution in [0.3, 0.4) is 0 Å². The molecule has 1 unspecified atom stereocenters. The number of hydrogen-bond acceptors (Lipinski definition) is 3. The molecule has 8 heteroatoms. The first kappa shape index (κ1) is 32.7. The van der Waals surface area contributed by atoms with Gasteiger partial charge in [0.1, 0.15) is 11.9 Å². The SMILES string of the molecule is CCCCCCCCCCC(Oc1ccc(C(=O)NCCC(=O)O)cc1)c1ccc(-c2ccc(C(F)(F)F)cc2)cc1. The smallest absolute Gasteiger partial charge is 0.416 e. The van der Waals surface area contributed by atoms with Crippen LogP contribution < -0.4 is 10.1 Å². The van der Waals surface area contributed by atoms with Gasteiger partial charge in [0.2, 0.25) is 0 Å². The van der Waals surface area contributed by atoms with E-state index in [9.17, 15) is 22.8 Å². The number of carbonyl (C=O) groups excluding carboxylic acids is 1. The van der Waals surface area contributed by atoms with Gasteiger partial charge in [-0.05, 0) is 65.9 Å². The maximum Gasteiger partial charge on any atom is 0.416 e. The Morgan fingerprint density at radius 3 is 1.88 bits per heavy atom. The van der Waals surface area contributed by atoms with Crippen molar-refractivity contribution < 1.29 is 32.6 Å². The monoisotopic (exact) mass is 583 g/mol. The molecule has 0 spiro atoms. The Balaban J connectivity index is 1.67. The second-order valence-corrected chi connectivity index (χ2v) is 10.5. The van der Waals surface area contributed by atoms with Gasteiger partial charge in [-0.25, -0.2) is 0 Å². The van der Waals surface area contributed by atoms with Gasteiger partial charge in [0.05, 0.1) is 12.0 Å². The number of halogens is 3. The van der Waals surface area contributed by atoms with Crippen molar-refractivity contribution in [3.05, 3.63) is 89.5 Å². The number of nitrogens with one attached hydrogen (secondary N) is 1. The van der Waals surface area contributed by atoms with Crippen LogP contribution in [0.1, 0.15) is 98.7 Å². The summed E-state index contributed by atoms with van der Waals surface area (Å²) in [7, 11) is 0. The maximum absolute atomic E-state index is 12.9. The Kier molecular flexibility index (Phi) is 12.9. The fourth-order valence-electron chi connectivity index (χ4n) is 4.73. The number of ether oxygens (including phenoxy) is 1. The van der Waals surface area contributed by atoms with Gasteiger partial charge in [-0.3, -0.25) is 9.59 Å². The van der Waals surface area contributed by atoms with Crippen molar-refractivity contribution in [1.29, 1.82) is 0 Å². The van der Waals surface area contributed by atoms with Crippen molar-refractivity contribution in [1.82, 2.24) is 5.32 Å². The van der Waals surface area contributed by atoms with Crippen LogP contribution in [0.5, 0.6) is 5.75 Å². The van der Waals surface area contributed by atoms with Crippen LogP contribution in [0.15, 0.2) is 72.8 Å². The van der Waals surface area contributed by atoms with Crippen molar-refractivity contribution in [3.63, 3.8) is 0 Å². The molecule has 0 aliphatic rings. The van der Waals surface area contributed by atoms with Gasteiger partial charge < -0.3 is 15.2 Å². The van der Waals surface area contributed by atoms with Gasteiger partial charge in [0.25, 0.3) is 5.91 Å². The predicted molar refractivity (Wildman–Crippen MR) is 159 cm³/mol. The molecule has 0 saturated carbocycles. The summed E-state index contributed by atoms with van der Waals surface area (Å²) in [6, 6.07) is 19.6. The minimum absolute atomic E-state index is 0.0512. The largest absolute Gasteiger partial charge is 0.486 e. The fourth-order valence-corrected chi connectivity index (χ4v) is 4.73. The molecule has 0 heterocycles. The molecule has 0 radical (unpaired) electrons. The van der Waals surface area contributed by atoms with Crippen molar-refractivity contribution in [2.45, 2.75) is 83.4 Å². The van der Waals surface area contributed by atoms with E-state index in [4.69, 9.17) is 9.84 Å². The highest BCUT2D eigenvalue weighted by atomic mass is 19.4. The van der Waals surface area contributed by atoms with E-state index in [0.29, 0.717) is 16.9 Å². The molecular weight excluding hydrogens is 543 g/mol. The summed E-state index contributed by atoms with van der Waals surface area (Å²) in [5, 5.41) is 11.3. The predicted octanol–water partition coefficient (Wildman–Crippen LogP) is 9.23. The minimum Gasteiger partial charge on any atom is -0.486 e. The number of amides is 1. The molecule has 226 valence electrons. The number of hydrogen-bond donors (Lipinski definition) is 2. The van der Waals surface area contributed by atoms with Crippen molar-refractivity contribution >= 4 is 11.9 Å². The topological polar surface area (TPSA) is 75.6 Å². The molecule has 42 heavy (non-hydrogen) atoms. The normalized spacial score (nSPS) is 12.1. The molecule has 3 aromatic carbocycles. The third-order valence-corrected chi connectivity index (χ3v) is 7.17. The van der Waals surface area contributed by atoms with E-state index >= 15 is 0 Å². The third kappa shape index (κ3) is 10.9. The summed E-state index contributed by atoms with van der Waals surface area (Å²) < 4.78 is 45.2.